The van der Waals surface area contributed by atoms with Crippen LogP contribution in [0.4, 0.5) is 0 Å². The molecule has 2 amide bonds. The highest BCUT2D eigenvalue weighted by Crippen LogP contribution is 2.18. The average Bonchev–Trinajstić information content (AvgIpc) is 3.21. The van der Waals surface area contributed by atoms with Crippen LogP contribution in [-0.2, 0) is 9.59 Å². The minimum atomic E-state index is -0.297. The van der Waals surface area contributed by atoms with Gasteiger partial charge in [0.05, 0.1) is 6.54 Å². The number of hydrogen-bond acceptors (Lipinski definition) is 3. The van der Waals surface area contributed by atoms with Crippen LogP contribution < -0.4 is 15.4 Å². The highest BCUT2D eigenvalue weighted by atomic mass is 16.5. The van der Waals surface area contributed by atoms with Gasteiger partial charge in [-0.3, -0.25) is 9.59 Å². The molecule has 0 aromatic heterocycles. The maximum absolute atomic E-state index is 11.6. The van der Waals surface area contributed by atoms with E-state index in [0.29, 0.717) is 11.8 Å². The van der Waals surface area contributed by atoms with Crippen molar-refractivity contribution < 1.29 is 14.3 Å². The number of ether oxygens (including phenoxy) is 1. The minimum absolute atomic E-state index is 0.00557. The lowest BCUT2D eigenvalue weighted by atomic mass is 10.1. The molecule has 0 spiro atoms. The van der Waals surface area contributed by atoms with Crippen LogP contribution in [0, 0.1) is 13.8 Å². The molecule has 20 heavy (non-hydrogen) atoms. The molecule has 1 saturated carbocycles. The van der Waals surface area contributed by atoms with Gasteiger partial charge in [0, 0.05) is 6.04 Å². The van der Waals surface area contributed by atoms with E-state index < -0.39 is 0 Å². The Morgan fingerprint density at radius 3 is 2.60 bits per heavy atom. The largest absolute Gasteiger partial charge is 0.484 e. The highest BCUT2D eigenvalue weighted by molar-refractivity contribution is 5.85. The SMILES string of the molecule is Cc1ccc(OCC(=O)NCC(=O)NC2CC2)cc1C. The summed E-state index contributed by atoms with van der Waals surface area (Å²) in [6.07, 6.45) is 2.07. The van der Waals surface area contributed by atoms with E-state index in [9.17, 15) is 9.59 Å². The predicted octanol–water partition coefficient (Wildman–Crippen LogP) is 1.08. The maximum atomic E-state index is 11.6. The third-order valence-electron chi connectivity index (χ3n) is 3.24. The van der Waals surface area contributed by atoms with Gasteiger partial charge in [-0.05, 0) is 49.9 Å². The molecule has 1 aliphatic rings. The lowest BCUT2D eigenvalue weighted by Crippen LogP contribution is -2.39. The van der Waals surface area contributed by atoms with Gasteiger partial charge in [0.2, 0.25) is 5.91 Å². The van der Waals surface area contributed by atoms with Crippen LogP contribution in [0.2, 0.25) is 0 Å². The van der Waals surface area contributed by atoms with Crippen molar-refractivity contribution in [2.24, 2.45) is 0 Å². The van der Waals surface area contributed by atoms with Crippen molar-refractivity contribution in [1.82, 2.24) is 10.6 Å². The summed E-state index contributed by atoms with van der Waals surface area (Å²) in [6, 6.07) is 5.98. The van der Waals surface area contributed by atoms with Crippen molar-refractivity contribution >= 4 is 11.8 Å². The molecule has 0 saturated heterocycles. The lowest BCUT2D eigenvalue weighted by molar-refractivity contribution is -0.127. The lowest BCUT2D eigenvalue weighted by Gasteiger charge is -2.09. The van der Waals surface area contributed by atoms with E-state index in [1.54, 1.807) is 0 Å². The Morgan fingerprint density at radius 1 is 1.20 bits per heavy atom. The maximum Gasteiger partial charge on any atom is 0.258 e. The van der Waals surface area contributed by atoms with Crippen LogP contribution in [0.5, 0.6) is 5.75 Å². The van der Waals surface area contributed by atoms with Gasteiger partial charge in [-0.2, -0.15) is 0 Å². The first-order valence-corrected chi connectivity index (χ1v) is 6.80. The van der Waals surface area contributed by atoms with E-state index >= 15 is 0 Å². The third-order valence-corrected chi connectivity index (χ3v) is 3.24. The van der Waals surface area contributed by atoms with Crippen LogP contribution in [0.1, 0.15) is 24.0 Å². The molecule has 1 aromatic rings. The fraction of sp³-hybridized carbons (Fsp3) is 0.467. The minimum Gasteiger partial charge on any atom is -0.484 e. The van der Waals surface area contributed by atoms with E-state index in [0.717, 1.165) is 18.4 Å². The molecule has 0 aliphatic heterocycles. The zero-order chi connectivity index (χ0) is 14.5. The number of aryl methyl sites for hydroxylation is 2. The molecule has 2 N–H and O–H groups in total. The van der Waals surface area contributed by atoms with E-state index in [2.05, 4.69) is 10.6 Å². The second-order valence-electron chi connectivity index (χ2n) is 5.15. The summed E-state index contributed by atoms with van der Waals surface area (Å²) in [4.78, 5) is 22.9. The summed E-state index contributed by atoms with van der Waals surface area (Å²) in [5.74, 6) is 0.215. The molecule has 5 heteroatoms. The van der Waals surface area contributed by atoms with Crippen molar-refractivity contribution in [3.8, 4) is 5.75 Å². The molecule has 0 atom stereocenters. The van der Waals surface area contributed by atoms with Gasteiger partial charge in [-0.1, -0.05) is 6.07 Å². The number of hydrogen-bond donors (Lipinski definition) is 2. The topological polar surface area (TPSA) is 67.4 Å². The van der Waals surface area contributed by atoms with Gasteiger partial charge in [0.15, 0.2) is 6.61 Å². The van der Waals surface area contributed by atoms with Crippen molar-refractivity contribution in [2.75, 3.05) is 13.2 Å². The first kappa shape index (κ1) is 14.4. The number of nitrogens with one attached hydrogen (secondary N) is 2. The monoisotopic (exact) mass is 276 g/mol. The van der Waals surface area contributed by atoms with Crippen LogP contribution in [0.15, 0.2) is 18.2 Å². The molecule has 1 aromatic carbocycles. The summed E-state index contributed by atoms with van der Waals surface area (Å²) in [6.45, 7) is 3.93. The van der Waals surface area contributed by atoms with Crippen molar-refractivity contribution in [1.29, 1.82) is 0 Å². The van der Waals surface area contributed by atoms with Crippen molar-refractivity contribution in [3.63, 3.8) is 0 Å². The van der Waals surface area contributed by atoms with Gasteiger partial charge >= 0.3 is 0 Å². The molecule has 108 valence electrons. The second-order valence-corrected chi connectivity index (χ2v) is 5.15. The van der Waals surface area contributed by atoms with Gasteiger partial charge in [-0.15, -0.1) is 0 Å². The fourth-order valence-corrected chi connectivity index (χ4v) is 1.69. The predicted molar refractivity (Wildman–Crippen MR) is 75.6 cm³/mol. The molecular formula is C15H20N2O3. The van der Waals surface area contributed by atoms with Gasteiger partial charge in [0.1, 0.15) is 5.75 Å². The molecule has 5 nitrogen and oxygen atoms in total. The van der Waals surface area contributed by atoms with Crippen molar-refractivity contribution in [3.05, 3.63) is 29.3 Å². The molecule has 1 fully saturated rings. The Balaban J connectivity index is 1.68. The van der Waals surface area contributed by atoms with Crippen LogP contribution >= 0.6 is 0 Å². The number of carbonyl (C=O) groups is 2. The van der Waals surface area contributed by atoms with E-state index in [1.807, 2.05) is 32.0 Å². The summed E-state index contributed by atoms with van der Waals surface area (Å²) < 4.78 is 5.39. The smallest absolute Gasteiger partial charge is 0.258 e. The number of carbonyl (C=O) groups excluding carboxylic acids is 2. The molecule has 0 bridgehead atoms. The van der Waals surface area contributed by atoms with Crippen LogP contribution in [-0.4, -0.2) is 31.0 Å². The first-order valence-electron chi connectivity index (χ1n) is 6.80. The summed E-state index contributed by atoms with van der Waals surface area (Å²) >= 11 is 0. The van der Waals surface area contributed by atoms with Crippen LogP contribution in [0.3, 0.4) is 0 Å². The second kappa shape index (κ2) is 6.41. The average molecular weight is 276 g/mol. The van der Waals surface area contributed by atoms with Crippen molar-refractivity contribution in [2.45, 2.75) is 32.7 Å². The van der Waals surface area contributed by atoms with Crippen LogP contribution in [0.25, 0.3) is 0 Å². The van der Waals surface area contributed by atoms with Gasteiger partial charge in [0.25, 0.3) is 5.91 Å². The standard InChI is InChI=1S/C15H20N2O3/c1-10-3-6-13(7-11(10)2)20-9-15(19)16-8-14(18)17-12-4-5-12/h3,6-7,12H,4-5,8-9H2,1-2H3,(H,16,19)(H,17,18). The Kier molecular flexibility index (Phi) is 4.61. The Morgan fingerprint density at radius 2 is 1.95 bits per heavy atom. The summed E-state index contributed by atoms with van der Waals surface area (Å²) in [5.41, 5.74) is 2.30. The molecule has 1 aliphatic carbocycles. The Hall–Kier alpha value is -2.04. The third kappa shape index (κ3) is 4.57. The molecule has 0 radical (unpaired) electrons. The molecular weight excluding hydrogens is 256 g/mol. The molecule has 2 rings (SSSR count). The molecule has 0 unspecified atom stereocenters. The van der Waals surface area contributed by atoms with E-state index in [4.69, 9.17) is 4.74 Å². The number of amides is 2. The Bertz CT molecular complexity index is 510. The first-order chi connectivity index (χ1) is 9.54. The Labute approximate surface area is 118 Å². The highest BCUT2D eigenvalue weighted by Gasteiger charge is 2.23. The summed E-state index contributed by atoms with van der Waals surface area (Å²) in [5, 5.41) is 5.34. The number of rotatable bonds is 6. The summed E-state index contributed by atoms with van der Waals surface area (Å²) in [7, 11) is 0. The molecule has 0 heterocycles. The van der Waals surface area contributed by atoms with Gasteiger partial charge < -0.3 is 15.4 Å². The zero-order valence-electron chi connectivity index (χ0n) is 11.9. The fourth-order valence-electron chi connectivity index (χ4n) is 1.69. The normalized spacial score (nSPS) is 13.7. The van der Waals surface area contributed by atoms with Gasteiger partial charge in [-0.25, -0.2) is 0 Å². The zero-order valence-corrected chi connectivity index (χ0v) is 11.9. The van der Waals surface area contributed by atoms with E-state index in [1.165, 1.54) is 5.56 Å². The van der Waals surface area contributed by atoms with E-state index in [-0.39, 0.29) is 25.0 Å². The number of benzene rings is 1. The quantitative estimate of drug-likeness (QED) is 0.817.